The van der Waals surface area contributed by atoms with Crippen LogP contribution in [0, 0.1) is 11.8 Å². The van der Waals surface area contributed by atoms with Crippen molar-refractivity contribution in [2.24, 2.45) is 0 Å². The number of esters is 1. The smallest absolute Gasteiger partial charge is 0.375 e. The summed E-state index contributed by atoms with van der Waals surface area (Å²) >= 11 is 0. The van der Waals surface area contributed by atoms with Crippen molar-refractivity contribution < 1.29 is 13.9 Å². The van der Waals surface area contributed by atoms with Crippen molar-refractivity contribution in [3.63, 3.8) is 0 Å². The van der Waals surface area contributed by atoms with E-state index in [1.807, 2.05) is 0 Å². The number of rotatable bonds is 10. The molecule has 0 radical (unpaired) electrons. The van der Waals surface area contributed by atoms with Gasteiger partial charge in [-0.1, -0.05) is 63.7 Å². The monoisotopic (exact) mass is 290 g/mol. The van der Waals surface area contributed by atoms with E-state index in [-0.39, 0.29) is 12.4 Å². The van der Waals surface area contributed by atoms with E-state index in [2.05, 4.69) is 18.8 Å². The maximum absolute atomic E-state index is 11.4. The van der Waals surface area contributed by atoms with Gasteiger partial charge in [-0.3, -0.25) is 0 Å². The number of carbonyl (C=O) groups excluding carboxylic acids is 1. The topological polar surface area (TPSA) is 39.4 Å². The lowest BCUT2D eigenvalue weighted by molar-refractivity contribution is 0.0520. The van der Waals surface area contributed by atoms with E-state index in [0.717, 1.165) is 12.8 Å². The van der Waals surface area contributed by atoms with Crippen molar-refractivity contribution in [2.45, 2.75) is 64.7 Å². The molecule has 3 nitrogen and oxygen atoms in total. The molecule has 0 bridgehead atoms. The largest absolute Gasteiger partial charge is 0.457 e. The first-order valence-corrected chi connectivity index (χ1v) is 8.01. The maximum atomic E-state index is 11.4. The molecule has 21 heavy (non-hydrogen) atoms. The summed E-state index contributed by atoms with van der Waals surface area (Å²) in [6.07, 6.45) is 12.8. The summed E-state index contributed by atoms with van der Waals surface area (Å²) in [5.41, 5.74) is 0. The molecule has 0 saturated heterocycles. The minimum absolute atomic E-state index is 0.135. The quantitative estimate of drug-likeness (QED) is 0.347. The molecule has 1 aromatic rings. The van der Waals surface area contributed by atoms with Crippen LogP contribution in [0.4, 0.5) is 0 Å². The Morgan fingerprint density at radius 3 is 2.48 bits per heavy atom. The molecule has 116 valence electrons. The van der Waals surface area contributed by atoms with Crippen LogP contribution in [0.1, 0.15) is 75.3 Å². The molecule has 0 amide bonds. The van der Waals surface area contributed by atoms with Crippen LogP contribution in [-0.2, 0) is 4.74 Å². The van der Waals surface area contributed by atoms with Gasteiger partial charge < -0.3 is 9.15 Å². The van der Waals surface area contributed by atoms with E-state index in [1.54, 1.807) is 12.1 Å². The highest BCUT2D eigenvalue weighted by atomic mass is 16.5. The number of furan rings is 1. The molecular weight excluding hydrogens is 264 g/mol. The number of hydrogen-bond acceptors (Lipinski definition) is 3. The zero-order valence-electron chi connectivity index (χ0n) is 13.0. The normalized spacial score (nSPS) is 9.95. The summed E-state index contributed by atoms with van der Waals surface area (Å²) in [4.78, 5) is 11.4. The Morgan fingerprint density at radius 1 is 1.10 bits per heavy atom. The third-order valence-corrected chi connectivity index (χ3v) is 3.28. The van der Waals surface area contributed by atoms with Crippen LogP contribution in [-0.4, -0.2) is 12.6 Å². The van der Waals surface area contributed by atoms with Gasteiger partial charge in [0.25, 0.3) is 0 Å². The average molecular weight is 290 g/mol. The van der Waals surface area contributed by atoms with Crippen molar-refractivity contribution in [3.05, 3.63) is 24.2 Å². The van der Waals surface area contributed by atoms with Crippen molar-refractivity contribution in [1.29, 1.82) is 0 Å². The number of ether oxygens (including phenoxy) is 1. The molecular formula is C18H26O3. The predicted molar refractivity (Wildman–Crippen MR) is 84.0 cm³/mol. The van der Waals surface area contributed by atoms with Crippen LogP contribution < -0.4 is 0 Å². The van der Waals surface area contributed by atoms with E-state index in [4.69, 9.17) is 9.15 Å². The van der Waals surface area contributed by atoms with Gasteiger partial charge in [-0.05, 0) is 18.6 Å². The van der Waals surface area contributed by atoms with Crippen LogP contribution >= 0.6 is 0 Å². The lowest BCUT2D eigenvalue weighted by Gasteiger charge is -1.99. The lowest BCUT2D eigenvalue weighted by atomic mass is 10.1. The first-order valence-electron chi connectivity index (χ1n) is 8.01. The molecule has 1 aromatic heterocycles. The number of unbranched alkanes of at least 4 members (excludes halogenated alkanes) is 8. The molecule has 0 spiro atoms. The van der Waals surface area contributed by atoms with Crippen LogP contribution in [0.25, 0.3) is 0 Å². The van der Waals surface area contributed by atoms with Gasteiger partial charge in [-0.15, -0.1) is 0 Å². The molecule has 0 aliphatic carbocycles. The third-order valence-electron chi connectivity index (χ3n) is 3.28. The zero-order chi connectivity index (χ0) is 15.2. The Bertz CT molecular complexity index is 423. The molecule has 0 aliphatic heterocycles. The molecule has 0 fully saturated rings. The van der Waals surface area contributed by atoms with Gasteiger partial charge in [-0.2, -0.15) is 0 Å². The summed E-state index contributed by atoms with van der Waals surface area (Å²) in [6, 6.07) is 3.24. The zero-order valence-corrected chi connectivity index (χ0v) is 13.0. The van der Waals surface area contributed by atoms with Gasteiger partial charge in [0, 0.05) is 6.42 Å². The van der Waals surface area contributed by atoms with E-state index < -0.39 is 5.97 Å². The summed E-state index contributed by atoms with van der Waals surface area (Å²) in [5.74, 6) is 5.67. The summed E-state index contributed by atoms with van der Waals surface area (Å²) < 4.78 is 9.89. The van der Waals surface area contributed by atoms with Crippen molar-refractivity contribution >= 4 is 5.97 Å². The summed E-state index contributed by atoms with van der Waals surface area (Å²) in [7, 11) is 0. The number of carbonyl (C=O) groups is 1. The molecule has 0 N–H and O–H groups in total. The van der Waals surface area contributed by atoms with Gasteiger partial charge in [-0.25, -0.2) is 4.79 Å². The molecule has 0 unspecified atom stereocenters. The second-order valence-corrected chi connectivity index (χ2v) is 5.13. The molecule has 1 heterocycles. The Balaban J connectivity index is 1.91. The second-order valence-electron chi connectivity index (χ2n) is 5.13. The lowest BCUT2D eigenvalue weighted by Crippen LogP contribution is -2.03. The van der Waals surface area contributed by atoms with Crippen LogP contribution in [0.2, 0.25) is 0 Å². The minimum Gasteiger partial charge on any atom is -0.457 e. The van der Waals surface area contributed by atoms with E-state index >= 15 is 0 Å². The van der Waals surface area contributed by atoms with Gasteiger partial charge in [0.2, 0.25) is 5.76 Å². The third kappa shape index (κ3) is 8.96. The molecule has 0 aromatic carbocycles. The fourth-order valence-corrected chi connectivity index (χ4v) is 2.05. The van der Waals surface area contributed by atoms with Crippen LogP contribution in [0.3, 0.4) is 0 Å². The average Bonchev–Trinajstić information content (AvgIpc) is 3.02. The first kappa shape index (κ1) is 17.4. The highest BCUT2D eigenvalue weighted by Gasteiger charge is 2.07. The van der Waals surface area contributed by atoms with Gasteiger partial charge in [0.05, 0.1) is 6.26 Å². The predicted octanol–water partition coefficient (Wildman–Crippen LogP) is 4.97. The highest BCUT2D eigenvalue weighted by Crippen LogP contribution is 2.09. The minimum atomic E-state index is -0.457. The fraction of sp³-hybridized carbons (Fsp3) is 0.611. The van der Waals surface area contributed by atoms with E-state index in [9.17, 15) is 4.79 Å². The number of hydrogen-bond donors (Lipinski definition) is 0. The standard InChI is InChI=1S/C18H26O3/c1-2-3-4-5-6-7-8-9-10-11-12-15-21-18(19)17-14-13-16-20-17/h13-14,16H,2-10,15H2,1H3. The van der Waals surface area contributed by atoms with Gasteiger partial charge >= 0.3 is 5.97 Å². The molecule has 1 rings (SSSR count). The van der Waals surface area contributed by atoms with E-state index in [0.29, 0.717) is 0 Å². The van der Waals surface area contributed by atoms with Gasteiger partial charge in [0.15, 0.2) is 6.61 Å². The summed E-state index contributed by atoms with van der Waals surface area (Å²) in [5, 5.41) is 0. The molecule has 0 atom stereocenters. The fourth-order valence-electron chi connectivity index (χ4n) is 2.05. The van der Waals surface area contributed by atoms with Crippen LogP contribution in [0.15, 0.2) is 22.8 Å². The Labute approximate surface area is 128 Å². The Morgan fingerprint density at radius 2 is 1.81 bits per heavy atom. The first-order chi connectivity index (χ1) is 10.3. The second kappa shape index (κ2) is 12.1. The van der Waals surface area contributed by atoms with Crippen LogP contribution in [0.5, 0.6) is 0 Å². The molecule has 0 aliphatic rings. The van der Waals surface area contributed by atoms with Gasteiger partial charge in [0.1, 0.15) is 0 Å². The van der Waals surface area contributed by atoms with Crippen molar-refractivity contribution in [1.82, 2.24) is 0 Å². The molecule has 0 saturated carbocycles. The highest BCUT2D eigenvalue weighted by molar-refractivity contribution is 5.86. The Hall–Kier alpha value is -1.69. The van der Waals surface area contributed by atoms with Crippen molar-refractivity contribution in [3.8, 4) is 11.8 Å². The molecule has 3 heteroatoms. The SMILES string of the molecule is CCCCCCCCCCC#CCOC(=O)c1ccco1. The summed E-state index contributed by atoms with van der Waals surface area (Å²) in [6.45, 7) is 2.38. The van der Waals surface area contributed by atoms with E-state index in [1.165, 1.54) is 51.2 Å². The van der Waals surface area contributed by atoms with Crippen molar-refractivity contribution in [2.75, 3.05) is 6.61 Å². The maximum Gasteiger partial charge on any atom is 0.375 e. The Kier molecular flexibility index (Phi) is 9.99.